The van der Waals surface area contributed by atoms with E-state index in [1.54, 1.807) is 18.2 Å². The molecule has 0 aromatic heterocycles. The molecule has 0 bridgehead atoms. The van der Waals surface area contributed by atoms with Gasteiger partial charge in [-0.3, -0.25) is 4.79 Å². The second kappa shape index (κ2) is 7.40. The monoisotopic (exact) mass is 378 g/mol. The van der Waals surface area contributed by atoms with Gasteiger partial charge in [-0.05, 0) is 56.1 Å². The van der Waals surface area contributed by atoms with E-state index in [9.17, 15) is 14.7 Å². The number of nitrogens with zero attached hydrogens (tertiary/aromatic N) is 2. The quantitative estimate of drug-likeness (QED) is 0.886. The Morgan fingerprint density at radius 2 is 1.54 bits per heavy atom. The second-order valence-corrected chi connectivity index (χ2v) is 8.21. The molecule has 1 amide bonds. The van der Waals surface area contributed by atoms with E-state index in [1.165, 1.54) is 6.42 Å². The van der Waals surface area contributed by atoms with Gasteiger partial charge >= 0.3 is 5.97 Å². The summed E-state index contributed by atoms with van der Waals surface area (Å²) in [5, 5.41) is 9.57. The fourth-order valence-corrected chi connectivity index (χ4v) is 4.85. The third-order valence-corrected chi connectivity index (χ3v) is 6.18. The molecule has 5 nitrogen and oxygen atoms in total. The number of amides is 1. The van der Waals surface area contributed by atoms with E-state index in [0.717, 1.165) is 39.0 Å². The topological polar surface area (TPSA) is 60.9 Å². The number of carbonyl (C=O) groups excluding carboxylic acids is 1. The van der Waals surface area contributed by atoms with Crippen LogP contribution in [0.25, 0.3) is 11.1 Å². The van der Waals surface area contributed by atoms with E-state index in [1.807, 2.05) is 35.2 Å². The first-order valence-corrected chi connectivity index (χ1v) is 9.89. The molecule has 1 atom stereocenters. The highest BCUT2D eigenvalue weighted by atomic mass is 16.4. The van der Waals surface area contributed by atoms with Gasteiger partial charge in [-0.1, -0.05) is 36.4 Å². The fourth-order valence-electron chi connectivity index (χ4n) is 4.85. The Bertz CT molecular complexity index is 906. The summed E-state index contributed by atoms with van der Waals surface area (Å²) in [4.78, 5) is 29.5. The predicted molar refractivity (Wildman–Crippen MR) is 109 cm³/mol. The Labute approximate surface area is 165 Å². The summed E-state index contributed by atoms with van der Waals surface area (Å²) in [5.74, 6) is -0.979. The average Bonchev–Trinajstić information content (AvgIpc) is 3.07. The van der Waals surface area contributed by atoms with E-state index < -0.39 is 5.97 Å². The van der Waals surface area contributed by atoms with Gasteiger partial charge in [-0.15, -0.1) is 0 Å². The van der Waals surface area contributed by atoms with Crippen LogP contribution in [0.15, 0.2) is 48.5 Å². The Morgan fingerprint density at radius 3 is 2.18 bits per heavy atom. The highest BCUT2D eigenvalue weighted by Gasteiger charge is 2.41. The number of carboxylic acid groups (broad SMARTS) is 1. The molecule has 2 aromatic carbocycles. The number of carbonyl (C=O) groups is 2. The van der Waals surface area contributed by atoms with Crippen LogP contribution in [0.2, 0.25) is 0 Å². The summed E-state index contributed by atoms with van der Waals surface area (Å²) in [6.07, 6.45) is 3.33. The molecule has 4 rings (SSSR count). The number of rotatable bonds is 3. The van der Waals surface area contributed by atoms with Crippen molar-refractivity contribution in [2.45, 2.75) is 19.3 Å². The number of likely N-dealkylation sites (tertiary alicyclic amines) is 2. The number of aromatic carboxylic acids is 1. The van der Waals surface area contributed by atoms with Crippen LogP contribution in [0.3, 0.4) is 0 Å². The van der Waals surface area contributed by atoms with Gasteiger partial charge in [0.2, 0.25) is 0 Å². The normalized spacial score (nSPS) is 22.5. The molecule has 2 aromatic rings. The molecule has 0 aliphatic carbocycles. The molecule has 0 radical (unpaired) electrons. The van der Waals surface area contributed by atoms with Crippen molar-refractivity contribution in [2.24, 2.45) is 5.41 Å². The maximum atomic E-state index is 13.5. The summed E-state index contributed by atoms with van der Waals surface area (Å²) in [5.41, 5.74) is 2.28. The molecule has 2 heterocycles. The first-order chi connectivity index (χ1) is 13.5. The van der Waals surface area contributed by atoms with Crippen molar-refractivity contribution in [2.75, 3.05) is 33.2 Å². The van der Waals surface area contributed by atoms with Gasteiger partial charge in [0.25, 0.3) is 5.91 Å². The molecule has 2 saturated heterocycles. The maximum Gasteiger partial charge on any atom is 0.336 e. The lowest BCUT2D eigenvalue weighted by atomic mass is 9.79. The Balaban J connectivity index is 1.67. The minimum atomic E-state index is -0.983. The zero-order valence-electron chi connectivity index (χ0n) is 16.2. The van der Waals surface area contributed by atoms with E-state index in [-0.39, 0.29) is 16.9 Å². The van der Waals surface area contributed by atoms with Gasteiger partial charge < -0.3 is 14.9 Å². The van der Waals surface area contributed by atoms with Gasteiger partial charge in [-0.2, -0.15) is 0 Å². The first kappa shape index (κ1) is 18.7. The van der Waals surface area contributed by atoms with E-state index in [2.05, 4.69) is 11.9 Å². The van der Waals surface area contributed by atoms with Crippen LogP contribution in [-0.4, -0.2) is 60.0 Å². The molecule has 2 fully saturated rings. The summed E-state index contributed by atoms with van der Waals surface area (Å²) in [6, 6.07) is 14.3. The summed E-state index contributed by atoms with van der Waals surface area (Å²) < 4.78 is 0. The van der Waals surface area contributed by atoms with E-state index >= 15 is 0 Å². The number of hydrogen-bond donors (Lipinski definition) is 1. The number of carboxylic acids is 1. The van der Waals surface area contributed by atoms with Gasteiger partial charge in [0.15, 0.2) is 0 Å². The maximum absolute atomic E-state index is 13.5. The summed E-state index contributed by atoms with van der Waals surface area (Å²) in [7, 11) is 2.15. The SMILES string of the molecule is CN1CCC2(CCCN(C(=O)c3ccccc3-c3ccccc3C(=O)O)C2)C1. The number of hydrogen-bond acceptors (Lipinski definition) is 3. The standard InChI is InChI=1S/C23H26N2O3/c1-24-14-12-23(15-24)11-6-13-25(16-23)21(26)19-9-4-2-7-17(19)18-8-3-5-10-20(18)22(27)28/h2-5,7-10H,6,11-16H2,1H3,(H,27,28). The highest BCUT2D eigenvalue weighted by Crippen LogP contribution is 2.39. The molecule has 146 valence electrons. The average molecular weight is 378 g/mol. The van der Waals surface area contributed by atoms with Crippen LogP contribution >= 0.6 is 0 Å². The van der Waals surface area contributed by atoms with Crippen molar-refractivity contribution >= 4 is 11.9 Å². The van der Waals surface area contributed by atoms with Crippen molar-refractivity contribution in [3.05, 3.63) is 59.7 Å². The van der Waals surface area contributed by atoms with Crippen LogP contribution in [0.4, 0.5) is 0 Å². The Morgan fingerprint density at radius 1 is 0.893 bits per heavy atom. The molecular formula is C23H26N2O3. The zero-order valence-corrected chi connectivity index (χ0v) is 16.2. The minimum Gasteiger partial charge on any atom is -0.478 e. The molecule has 1 unspecified atom stereocenters. The predicted octanol–water partition coefficient (Wildman–Crippen LogP) is 3.61. The first-order valence-electron chi connectivity index (χ1n) is 9.89. The van der Waals surface area contributed by atoms with Gasteiger partial charge in [-0.25, -0.2) is 4.79 Å². The molecule has 1 N–H and O–H groups in total. The largest absolute Gasteiger partial charge is 0.478 e. The Hall–Kier alpha value is -2.66. The number of benzene rings is 2. The molecule has 2 aliphatic rings. The highest BCUT2D eigenvalue weighted by molar-refractivity contribution is 6.04. The molecule has 28 heavy (non-hydrogen) atoms. The van der Waals surface area contributed by atoms with Crippen molar-refractivity contribution in [3.63, 3.8) is 0 Å². The zero-order chi connectivity index (χ0) is 19.7. The second-order valence-electron chi connectivity index (χ2n) is 8.21. The lowest BCUT2D eigenvalue weighted by Crippen LogP contribution is -2.47. The van der Waals surface area contributed by atoms with Gasteiger partial charge in [0, 0.05) is 30.6 Å². The molecule has 5 heteroatoms. The van der Waals surface area contributed by atoms with Crippen LogP contribution < -0.4 is 0 Å². The lowest BCUT2D eigenvalue weighted by molar-refractivity contribution is 0.0535. The lowest BCUT2D eigenvalue weighted by Gasteiger charge is -2.40. The van der Waals surface area contributed by atoms with Gasteiger partial charge in [0.05, 0.1) is 5.56 Å². The third kappa shape index (κ3) is 3.42. The van der Waals surface area contributed by atoms with Crippen LogP contribution in [0.5, 0.6) is 0 Å². The third-order valence-electron chi connectivity index (χ3n) is 6.18. The van der Waals surface area contributed by atoms with Crippen molar-refractivity contribution < 1.29 is 14.7 Å². The molecular weight excluding hydrogens is 352 g/mol. The minimum absolute atomic E-state index is 0.00409. The van der Waals surface area contributed by atoms with Crippen molar-refractivity contribution in [1.82, 2.24) is 9.80 Å². The molecule has 2 aliphatic heterocycles. The van der Waals surface area contributed by atoms with Crippen molar-refractivity contribution in [1.29, 1.82) is 0 Å². The van der Waals surface area contributed by atoms with Crippen LogP contribution in [-0.2, 0) is 0 Å². The smallest absolute Gasteiger partial charge is 0.336 e. The molecule has 0 saturated carbocycles. The summed E-state index contributed by atoms with van der Waals surface area (Å²) >= 11 is 0. The molecule has 1 spiro atoms. The van der Waals surface area contributed by atoms with E-state index in [0.29, 0.717) is 16.7 Å². The summed E-state index contributed by atoms with van der Waals surface area (Å²) in [6.45, 7) is 3.68. The van der Waals surface area contributed by atoms with E-state index in [4.69, 9.17) is 0 Å². The fraction of sp³-hybridized carbons (Fsp3) is 0.391. The Kier molecular flexibility index (Phi) is 4.94. The van der Waals surface area contributed by atoms with Gasteiger partial charge in [0.1, 0.15) is 0 Å². The number of piperidine rings is 1. The van der Waals surface area contributed by atoms with Crippen molar-refractivity contribution in [3.8, 4) is 11.1 Å². The van der Waals surface area contributed by atoms with Crippen LogP contribution in [0, 0.1) is 5.41 Å². The van der Waals surface area contributed by atoms with Crippen LogP contribution in [0.1, 0.15) is 40.0 Å².